The van der Waals surface area contributed by atoms with Gasteiger partial charge in [-0.15, -0.1) is 0 Å². The van der Waals surface area contributed by atoms with Gasteiger partial charge in [-0.25, -0.2) is 0 Å². The van der Waals surface area contributed by atoms with Crippen LogP contribution in [-0.4, -0.2) is 82.3 Å². The molecule has 4 aliphatic carbocycles. The van der Waals surface area contributed by atoms with E-state index in [1.165, 1.54) is 11.1 Å². The molecule has 0 radical (unpaired) electrons. The first kappa shape index (κ1) is 28.0. The Morgan fingerprint density at radius 1 is 1.05 bits per heavy atom. The maximum absolute atomic E-state index is 11.7. The highest BCUT2D eigenvalue weighted by Crippen LogP contribution is 2.70. The van der Waals surface area contributed by atoms with E-state index in [9.17, 15) is 20.4 Å². The fourth-order valence-electron chi connectivity index (χ4n) is 10.7. The molecule has 7 aliphatic rings. The summed E-state index contributed by atoms with van der Waals surface area (Å²) in [6.45, 7) is 11.8. The summed E-state index contributed by atoms with van der Waals surface area (Å²) in [4.78, 5) is 0. The maximum atomic E-state index is 11.7. The minimum Gasteiger partial charge on any atom is -0.392 e. The van der Waals surface area contributed by atoms with E-state index in [4.69, 9.17) is 18.9 Å². The highest BCUT2D eigenvalue weighted by atomic mass is 16.7. The van der Waals surface area contributed by atoms with E-state index >= 15 is 0 Å². The molecule has 0 aromatic heterocycles. The summed E-state index contributed by atoms with van der Waals surface area (Å²) in [5, 5.41) is 41.9. The Balaban J connectivity index is 1.09. The molecule has 0 aromatic rings. The Kier molecular flexibility index (Phi) is 6.70. The molecule has 8 nitrogen and oxygen atoms in total. The fraction of sp³-hybridized carbons (Fsp3) is 0.875. The molecule has 224 valence electrons. The first-order valence-electron chi connectivity index (χ1n) is 15.6. The molecule has 3 saturated heterocycles. The van der Waals surface area contributed by atoms with E-state index in [1.807, 2.05) is 0 Å². The Morgan fingerprint density at radius 3 is 2.60 bits per heavy atom. The average Bonchev–Trinajstić information content (AvgIpc) is 3.37. The number of fused-ring (bicyclic) bond motifs is 7. The van der Waals surface area contributed by atoms with Crippen LogP contribution in [0, 0.1) is 40.4 Å². The minimum absolute atomic E-state index is 0.0879. The fourth-order valence-corrected chi connectivity index (χ4v) is 10.7. The van der Waals surface area contributed by atoms with Crippen LogP contribution in [0.25, 0.3) is 0 Å². The van der Waals surface area contributed by atoms with E-state index in [0.717, 1.165) is 38.5 Å². The molecule has 3 saturated carbocycles. The Morgan fingerprint density at radius 2 is 1.85 bits per heavy atom. The van der Waals surface area contributed by atoms with Crippen molar-refractivity contribution in [1.29, 1.82) is 0 Å². The van der Waals surface area contributed by atoms with Gasteiger partial charge >= 0.3 is 0 Å². The number of rotatable bonds is 2. The summed E-state index contributed by atoms with van der Waals surface area (Å²) in [7, 11) is 0. The largest absolute Gasteiger partial charge is 0.392 e. The topological polar surface area (TPSA) is 118 Å². The molecule has 40 heavy (non-hydrogen) atoms. The summed E-state index contributed by atoms with van der Waals surface area (Å²) in [6, 6.07) is 0. The molecule has 0 amide bonds. The molecule has 0 aromatic carbocycles. The number of aliphatic hydroxyl groups is 4. The first-order valence-corrected chi connectivity index (χ1v) is 15.6. The second-order valence-corrected chi connectivity index (χ2v) is 14.7. The van der Waals surface area contributed by atoms with Gasteiger partial charge in [0, 0.05) is 24.2 Å². The highest BCUT2D eigenvalue weighted by Gasteiger charge is 2.69. The minimum atomic E-state index is -1.32. The first-order chi connectivity index (χ1) is 19.0. The van der Waals surface area contributed by atoms with E-state index in [0.29, 0.717) is 49.0 Å². The molecule has 1 spiro atoms. The van der Waals surface area contributed by atoms with Gasteiger partial charge < -0.3 is 39.4 Å². The van der Waals surface area contributed by atoms with Gasteiger partial charge in [-0.2, -0.15) is 0 Å². The lowest BCUT2D eigenvalue weighted by Gasteiger charge is -2.60. The maximum Gasteiger partial charge on any atom is 0.186 e. The van der Waals surface area contributed by atoms with Crippen molar-refractivity contribution in [2.45, 2.75) is 121 Å². The summed E-state index contributed by atoms with van der Waals surface area (Å²) >= 11 is 0. The van der Waals surface area contributed by atoms with E-state index in [1.54, 1.807) is 0 Å². The van der Waals surface area contributed by atoms with Crippen LogP contribution in [-0.2, 0) is 18.9 Å². The predicted octanol–water partition coefficient (Wildman–Crippen LogP) is 3.07. The normalized spacial score (nSPS) is 57.7. The van der Waals surface area contributed by atoms with E-state index < -0.39 is 36.5 Å². The molecular formula is C32H48O8. The number of hydrogen-bond acceptors (Lipinski definition) is 8. The highest BCUT2D eigenvalue weighted by molar-refractivity contribution is 5.28. The van der Waals surface area contributed by atoms with Gasteiger partial charge in [0.25, 0.3) is 0 Å². The SMILES string of the molecule is C=C1CCC2(OC1)OC1CC3C4CC=C5CC(OC6OCC(O)C(O)C6O)CC(O)C5(C)C4CCC3(C)C1C2C. The molecule has 8 heteroatoms. The monoisotopic (exact) mass is 560 g/mol. The van der Waals surface area contributed by atoms with Crippen LogP contribution in [0.1, 0.15) is 72.1 Å². The zero-order chi connectivity index (χ0) is 28.2. The van der Waals surface area contributed by atoms with Crippen LogP contribution in [0.3, 0.4) is 0 Å². The second kappa shape index (κ2) is 9.58. The third-order valence-corrected chi connectivity index (χ3v) is 13.0. The smallest absolute Gasteiger partial charge is 0.186 e. The second-order valence-electron chi connectivity index (χ2n) is 14.7. The van der Waals surface area contributed by atoms with Crippen molar-refractivity contribution in [3.05, 3.63) is 23.8 Å². The van der Waals surface area contributed by atoms with Gasteiger partial charge in [0.05, 0.1) is 31.5 Å². The van der Waals surface area contributed by atoms with Crippen molar-refractivity contribution >= 4 is 0 Å². The molecule has 7 rings (SSSR count). The molecule has 15 unspecified atom stereocenters. The molecule has 6 fully saturated rings. The lowest BCUT2D eigenvalue weighted by molar-refractivity contribution is -0.287. The third kappa shape index (κ3) is 3.86. The number of aliphatic hydroxyl groups excluding tert-OH is 4. The van der Waals surface area contributed by atoms with Crippen LogP contribution in [0.5, 0.6) is 0 Å². The Labute approximate surface area is 237 Å². The lowest BCUT2D eigenvalue weighted by Crippen LogP contribution is -2.58. The van der Waals surface area contributed by atoms with Gasteiger partial charge in [0.15, 0.2) is 12.1 Å². The zero-order valence-electron chi connectivity index (χ0n) is 24.2. The van der Waals surface area contributed by atoms with E-state index in [2.05, 4.69) is 33.4 Å². The zero-order valence-corrected chi connectivity index (χ0v) is 24.2. The Hall–Kier alpha value is -0.840. The molecule has 0 bridgehead atoms. The molecule has 4 N–H and O–H groups in total. The van der Waals surface area contributed by atoms with Crippen molar-refractivity contribution in [2.75, 3.05) is 13.2 Å². The summed E-state index contributed by atoms with van der Waals surface area (Å²) in [5.74, 6) is 1.89. The van der Waals surface area contributed by atoms with Gasteiger partial charge in [0.1, 0.15) is 18.3 Å². The quantitative estimate of drug-likeness (QED) is 0.381. The van der Waals surface area contributed by atoms with Crippen molar-refractivity contribution in [2.24, 2.45) is 40.4 Å². The predicted molar refractivity (Wildman–Crippen MR) is 146 cm³/mol. The number of ether oxygens (including phenoxy) is 4. The summed E-state index contributed by atoms with van der Waals surface area (Å²) in [5.41, 5.74) is 2.33. The van der Waals surface area contributed by atoms with Gasteiger partial charge in [-0.3, -0.25) is 0 Å². The van der Waals surface area contributed by atoms with Crippen LogP contribution < -0.4 is 0 Å². The summed E-state index contributed by atoms with van der Waals surface area (Å²) in [6.07, 6.45) is 4.33. The van der Waals surface area contributed by atoms with Gasteiger partial charge in [0.2, 0.25) is 0 Å². The Bertz CT molecular complexity index is 1050. The molecule has 3 heterocycles. The molecular weight excluding hydrogens is 512 g/mol. The van der Waals surface area contributed by atoms with Crippen molar-refractivity contribution in [1.82, 2.24) is 0 Å². The molecule has 15 atom stereocenters. The molecule has 3 aliphatic heterocycles. The number of allylic oxidation sites excluding steroid dienone is 1. The van der Waals surface area contributed by atoms with Gasteiger partial charge in [-0.1, -0.05) is 44.6 Å². The van der Waals surface area contributed by atoms with Crippen molar-refractivity contribution in [3.8, 4) is 0 Å². The third-order valence-electron chi connectivity index (χ3n) is 13.0. The summed E-state index contributed by atoms with van der Waals surface area (Å²) < 4.78 is 24.8. The average molecular weight is 561 g/mol. The standard InChI is InChI=1S/C32H48O8/c1-16-7-10-32(38-14-16)17(2)26-24(40-32)13-22-20-6-5-18-11-19(39-29-28(36)27(35)23(33)15-37-29)12-25(34)31(18,4)21(20)8-9-30(22,26)3/h5,17,19-29,33-36H,1,6-15H2,2-4H3. The van der Waals surface area contributed by atoms with Gasteiger partial charge in [-0.05, 0) is 67.6 Å². The van der Waals surface area contributed by atoms with Crippen LogP contribution in [0.15, 0.2) is 23.8 Å². The lowest BCUT2D eigenvalue weighted by atomic mass is 9.46. The van der Waals surface area contributed by atoms with E-state index in [-0.39, 0.29) is 29.6 Å². The van der Waals surface area contributed by atoms with Crippen molar-refractivity contribution in [3.63, 3.8) is 0 Å². The van der Waals surface area contributed by atoms with Crippen LogP contribution in [0.2, 0.25) is 0 Å². The number of hydrogen-bond donors (Lipinski definition) is 4. The van der Waals surface area contributed by atoms with Crippen LogP contribution >= 0.6 is 0 Å². The van der Waals surface area contributed by atoms with Crippen molar-refractivity contribution < 1.29 is 39.4 Å². The van der Waals surface area contributed by atoms with Crippen LogP contribution in [0.4, 0.5) is 0 Å².